The van der Waals surface area contributed by atoms with Gasteiger partial charge in [-0.25, -0.2) is 4.98 Å². The molecule has 90 valence electrons. The quantitative estimate of drug-likeness (QED) is 0.827. The smallest absolute Gasteiger partial charge is 0.105 e. The first-order valence-electron chi connectivity index (χ1n) is 6.05. The molecule has 4 heteroatoms. The largest absolute Gasteiger partial charge is 0.392 e. The number of β-amino-alcohol motifs (C(OH)–C–C–N with tert-alkyl or cyclic N) is 1. The first kappa shape index (κ1) is 11.6. The molecule has 16 heavy (non-hydrogen) atoms. The van der Waals surface area contributed by atoms with E-state index < -0.39 is 0 Å². The molecule has 2 unspecified atom stereocenters. The van der Waals surface area contributed by atoms with Gasteiger partial charge in [0.2, 0.25) is 0 Å². The van der Waals surface area contributed by atoms with Crippen LogP contribution in [0.3, 0.4) is 0 Å². The van der Waals surface area contributed by atoms with Gasteiger partial charge in [-0.05, 0) is 25.8 Å². The van der Waals surface area contributed by atoms with Crippen molar-refractivity contribution in [3.05, 3.63) is 18.2 Å². The maximum absolute atomic E-state index is 9.80. The van der Waals surface area contributed by atoms with E-state index in [0.717, 1.165) is 38.4 Å². The van der Waals surface area contributed by atoms with E-state index in [0.29, 0.717) is 5.92 Å². The maximum Gasteiger partial charge on any atom is 0.105 e. The van der Waals surface area contributed by atoms with Gasteiger partial charge in [0.25, 0.3) is 0 Å². The molecular formula is C12H21N3O. The zero-order chi connectivity index (χ0) is 11.5. The van der Waals surface area contributed by atoms with Crippen molar-refractivity contribution in [2.24, 2.45) is 5.92 Å². The summed E-state index contributed by atoms with van der Waals surface area (Å²) < 4.78 is 2.16. The van der Waals surface area contributed by atoms with Gasteiger partial charge in [0.1, 0.15) is 5.82 Å². The minimum Gasteiger partial charge on any atom is -0.392 e. The average Bonchev–Trinajstić information content (AvgIpc) is 2.66. The molecule has 0 radical (unpaired) electrons. The maximum atomic E-state index is 9.80. The Hall–Kier alpha value is -0.870. The van der Waals surface area contributed by atoms with Crippen molar-refractivity contribution in [3.63, 3.8) is 0 Å². The summed E-state index contributed by atoms with van der Waals surface area (Å²) in [4.78, 5) is 6.54. The van der Waals surface area contributed by atoms with E-state index in [9.17, 15) is 5.11 Å². The van der Waals surface area contributed by atoms with Crippen LogP contribution < -0.4 is 0 Å². The normalized spacial score (nSPS) is 27.2. The van der Waals surface area contributed by atoms with Crippen molar-refractivity contribution < 1.29 is 5.11 Å². The third kappa shape index (κ3) is 2.62. The molecule has 0 amide bonds. The summed E-state index contributed by atoms with van der Waals surface area (Å²) >= 11 is 0. The molecule has 1 saturated heterocycles. The summed E-state index contributed by atoms with van der Waals surface area (Å²) in [6, 6.07) is 0. The van der Waals surface area contributed by atoms with E-state index in [1.807, 2.05) is 19.3 Å². The van der Waals surface area contributed by atoms with Crippen LogP contribution in [0.25, 0.3) is 0 Å². The van der Waals surface area contributed by atoms with Gasteiger partial charge in [0, 0.05) is 32.0 Å². The zero-order valence-electron chi connectivity index (χ0n) is 10.1. The van der Waals surface area contributed by atoms with Crippen molar-refractivity contribution in [2.75, 3.05) is 19.6 Å². The molecule has 1 fully saturated rings. The first-order chi connectivity index (χ1) is 7.66. The summed E-state index contributed by atoms with van der Waals surface area (Å²) in [5.41, 5.74) is 0. The second kappa shape index (κ2) is 4.97. The highest BCUT2D eigenvalue weighted by Crippen LogP contribution is 2.16. The molecule has 0 bridgehead atoms. The van der Waals surface area contributed by atoms with Gasteiger partial charge in [-0.3, -0.25) is 4.90 Å². The van der Waals surface area contributed by atoms with Crippen LogP contribution >= 0.6 is 0 Å². The van der Waals surface area contributed by atoms with E-state index in [1.54, 1.807) is 0 Å². The Bertz CT molecular complexity index is 337. The van der Waals surface area contributed by atoms with Crippen molar-refractivity contribution in [3.8, 4) is 0 Å². The number of piperidine rings is 1. The topological polar surface area (TPSA) is 41.3 Å². The number of imidazole rings is 1. The highest BCUT2D eigenvalue weighted by Gasteiger charge is 2.23. The van der Waals surface area contributed by atoms with E-state index in [4.69, 9.17) is 0 Å². The van der Waals surface area contributed by atoms with E-state index >= 15 is 0 Å². The van der Waals surface area contributed by atoms with Crippen LogP contribution in [0.4, 0.5) is 0 Å². The number of hydrogen-bond acceptors (Lipinski definition) is 3. The molecule has 0 saturated carbocycles. The molecule has 1 aliphatic rings. The van der Waals surface area contributed by atoms with Crippen LogP contribution in [0.5, 0.6) is 0 Å². The van der Waals surface area contributed by atoms with Crippen molar-refractivity contribution >= 4 is 0 Å². The highest BCUT2D eigenvalue weighted by atomic mass is 16.3. The van der Waals surface area contributed by atoms with Gasteiger partial charge < -0.3 is 9.67 Å². The van der Waals surface area contributed by atoms with Crippen molar-refractivity contribution in [1.29, 1.82) is 0 Å². The fourth-order valence-corrected chi connectivity index (χ4v) is 2.21. The van der Waals surface area contributed by atoms with Gasteiger partial charge in [0.15, 0.2) is 0 Å². The van der Waals surface area contributed by atoms with Crippen LogP contribution in [0, 0.1) is 12.8 Å². The Labute approximate surface area is 96.9 Å². The van der Waals surface area contributed by atoms with Crippen LogP contribution in [0.2, 0.25) is 0 Å². The number of aromatic nitrogens is 2. The standard InChI is InChI=1S/C12H21N3O/c1-10-3-5-14(9-12(10)16)7-8-15-6-4-13-11(15)2/h4,6,10,12,16H,3,5,7-9H2,1-2H3. The predicted octanol–water partition coefficient (Wildman–Crippen LogP) is 0.894. The fourth-order valence-electron chi connectivity index (χ4n) is 2.21. The van der Waals surface area contributed by atoms with Crippen LogP contribution in [0.1, 0.15) is 19.2 Å². The third-order valence-corrected chi connectivity index (χ3v) is 3.58. The molecular weight excluding hydrogens is 202 g/mol. The number of aliphatic hydroxyl groups is 1. The molecule has 2 heterocycles. The summed E-state index contributed by atoms with van der Waals surface area (Å²) in [5.74, 6) is 1.51. The number of likely N-dealkylation sites (tertiary alicyclic amines) is 1. The van der Waals surface area contributed by atoms with Gasteiger partial charge >= 0.3 is 0 Å². The fraction of sp³-hybridized carbons (Fsp3) is 0.750. The van der Waals surface area contributed by atoms with E-state index in [-0.39, 0.29) is 6.10 Å². The molecule has 2 rings (SSSR count). The Morgan fingerprint density at radius 2 is 2.31 bits per heavy atom. The molecule has 0 spiro atoms. The minimum atomic E-state index is -0.155. The summed E-state index contributed by atoms with van der Waals surface area (Å²) in [7, 11) is 0. The summed E-state index contributed by atoms with van der Waals surface area (Å²) in [5, 5.41) is 9.80. The van der Waals surface area contributed by atoms with Crippen molar-refractivity contribution in [2.45, 2.75) is 32.9 Å². The lowest BCUT2D eigenvalue weighted by Crippen LogP contribution is -2.43. The molecule has 1 N–H and O–H groups in total. The molecule has 0 aromatic carbocycles. The Kier molecular flexibility index (Phi) is 3.61. The Morgan fingerprint density at radius 1 is 1.50 bits per heavy atom. The van der Waals surface area contributed by atoms with Gasteiger partial charge in [-0.15, -0.1) is 0 Å². The molecule has 1 aromatic rings. The number of aryl methyl sites for hydroxylation is 1. The third-order valence-electron chi connectivity index (χ3n) is 3.58. The van der Waals surface area contributed by atoms with Gasteiger partial charge in [0.05, 0.1) is 6.10 Å². The second-order valence-corrected chi connectivity index (χ2v) is 4.80. The van der Waals surface area contributed by atoms with Crippen LogP contribution in [-0.4, -0.2) is 45.3 Å². The Morgan fingerprint density at radius 3 is 2.94 bits per heavy atom. The molecule has 1 aliphatic heterocycles. The van der Waals surface area contributed by atoms with E-state index in [1.165, 1.54) is 0 Å². The van der Waals surface area contributed by atoms with Crippen molar-refractivity contribution in [1.82, 2.24) is 14.5 Å². The lowest BCUT2D eigenvalue weighted by Gasteiger charge is -2.34. The zero-order valence-corrected chi connectivity index (χ0v) is 10.1. The summed E-state index contributed by atoms with van der Waals surface area (Å²) in [6.07, 6.45) is 4.79. The monoisotopic (exact) mass is 223 g/mol. The highest BCUT2D eigenvalue weighted by molar-refractivity contribution is 4.88. The van der Waals surface area contributed by atoms with Gasteiger partial charge in [-0.1, -0.05) is 6.92 Å². The average molecular weight is 223 g/mol. The minimum absolute atomic E-state index is 0.155. The SMILES string of the molecule is Cc1nccn1CCN1CCC(C)C(O)C1. The molecule has 1 aromatic heterocycles. The molecule has 2 atom stereocenters. The lowest BCUT2D eigenvalue weighted by atomic mass is 9.96. The summed E-state index contributed by atoms with van der Waals surface area (Å²) in [6.45, 7) is 8.03. The van der Waals surface area contributed by atoms with Crippen LogP contribution in [0.15, 0.2) is 12.4 Å². The first-order valence-corrected chi connectivity index (χ1v) is 6.05. The number of aliphatic hydroxyl groups excluding tert-OH is 1. The van der Waals surface area contributed by atoms with Crippen LogP contribution in [-0.2, 0) is 6.54 Å². The van der Waals surface area contributed by atoms with Gasteiger partial charge in [-0.2, -0.15) is 0 Å². The number of hydrogen-bond donors (Lipinski definition) is 1. The molecule has 0 aliphatic carbocycles. The number of rotatable bonds is 3. The Balaban J connectivity index is 1.81. The lowest BCUT2D eigenvalue weighted by molar-refractivity contribution is 0.0279. The second-order valence-electron chi connectivity index (χ2n) is 4.80. The predicted molar refractivity (Wildman–Crippen MR) is 63.2 cm³/mol. The van der Waals surface area contributed by atoms with E-state index in [2.05, 4.69) is 21.4 Å². The molecule has 4 nitrogen and oxygen atoms in total. The number of nitrogens with zero attached hydrogens (tertiary/aromatic N) is 3.